The predicted molar refractivity (Wildman–Crippen MR) is 147 cm³/mol. The molecule has 1 aromatic carbocycles. The van der Waals surface area contributed by atoms with Gasteiger partial charge in [0.05, 0.1) is 17.3 Å². The summed E-state index contributed by atoms with van der Waals surface area (Å²) in [6.45, 7) is 0.421. The molecule has 1 aromatic rings. The minimum atomic E-state index is -0.740. The molecule has 3 rings (SSSR count). The summed E-state index contributed by atoms with van der Waals surface area (Å²) >= 11 is 3.21. The molecular formula is C25H37N5O5S2. The largest absolute Gasteiger partial charge is 0.350 e. The molecule has 0 bridgehead atoms. The van der Waals surface area contributed by atoms with E-state index in [9.17, 15) is 24.5 Å². The van der Waals surface area contributed by atoms with Crippen molar-refractivity contribution in [2.75, 3.05) is 43.8 Å². The van der Waals surface area contributed by atoms with Gasteiger partial charge in [-0.25, -0.2) is 0 Å². The number of non-ortho nitro benzene ring substituents is 1. The first kappa shape index (κ1) is 29.2. The van der Waals surface area contributed by atoms with Gasteiger partial charge >= 0.3 is 0 Å². The number of rotatable bonds is 12. The van der Waals surface area contributed by atoms with Crippen LogP contribution in [0.15, 0.2) is 24.3 Å². The van der Waals surface area contributed by atoms with Crippen LogP contribution in [-0.2, 0) is 20.9 Å². The minimum absolute atomic E-state index is 0.0119. The highest BCUT2D eigenvalue weighted by molar-refractivity contribution is 7.99. The van der Waals surface area contributed by atoms with Gasteiger partial charge in [-0.3, -0.25) is 24.5 Å². The van der Waals surface area contributed by atoms with Crippen molar-refractivity contribution < 1.29 is 19.3 Å². The Morgan fingerprint density at radius 1 is 1.19 bits per heavy atom. The number of hydrogen-bond donors (Lipinski definition) is 2. The van der Waals surface area contributed by atoms with Gasteiger partial charge in [-0.05, 0) is 44.2 Å². The first-order valence-corrected chi connectivity index (χ1v) is 15.0. The Bertz CT molecular complexity index is 940. The standard InChI is InChI=1S/C25H37N5O5S2/c1-28(2)13-23(31)29-17-37-16-22(29)25(33)27-21(15-36-14-19-6-4-3-5-7-19)24(32)26-12-18-8-10-20(11-9-18)30(34)35/h8-11,19,21-22H,3-7,12-17H2,1-2H3,(H,26,32)(H,27,33)/t21-,22-/m0/s1. The van der Waals surface area contributed by atoms with Gasteiger partial charge in [0.25, 0.3) is 5.69 Å². The van der Waals surface area contributed by atoms with Crippen molar-refractivity contribution in [2.24, 2.45) is 5.92 Å². The van der Waals surface area contributed by atoms with Gasteiger partial charge in [-0.15, -0.1) is 11.8 Å². The summed E-state index contributed by atoms with van der Waals surface area (Å²) in [7, 11) is 3.62. The van der Waals surface area contributed by atoms with E-state index in [1.165, 1.54) is 56.0 Å². The first-order chi connectivity index (χ1) is 17.7. The smallest absolute Gasteiger partial charge is 0.269 e. The quantitative estimate of drug-likeness (QED) is 0.300. The highest BCUT2D eigenvalue weighted by atomic mass is 32.2. The highest BCUT2D eigenvalue weighted by Gasteiger charge is 2.36. The Hall–Kier alpha value is -2.31. The number of thioether (sulfide) groups is 2. The van der Waals surface area contributed by atoms with E-state index in [-0.39, 0.29) is 36.5 Å². The molecule has 10 nitrogen and oxygen atoms in total. The first-order valence-electron chi connectivity index (χ1n) is 12.7. The van der Waals surface area contributed by atoms with Crippen LogP contribution in [0.5, 0.6) is 0 Å². The zero-order valence-electron chi connectivity index (χ0n) is 21.5. The van der Waals surface area contributed by atoms with Crippen LogP contribution in [0, 0.1) is 16.0 Å². The highest BCUT2D eigenvalue weighted by Crippen LogP contribution is 2.27. The zero-order valence-corrected chi connectivity index (χ0v) is 23.2. The number of amides is 3. The van der Waals surface area contributed by atoms with E-state index in [0.717, 1.165) is 11.3 Å². The maximum absolute atomic E-state index is 13.2. The van der Waals surface area contributed by atoms with Crippen LogP contribution in [0.1, 0.15) is 37.7 Å². The van der Waals surface area contributed by atoms with Gasteiger partial charge in [-0.1, -0.05) is 31.4 Å². The van der Waals surface area contributed by atoms with Crippen molar-refractivity contribution in [1.29, 1.82) is 0 Å². The number of nitro benzene ring substituents is 1. The Morgan fingerprint density at radius 2 is 1.89 bits per heavy atom. The van der Waals surface area contributed by atoms with Crippen molar-refractivity contribution in [1.82, 2.24) is 20.4 Å². The third kappa shape index (κ3) is 9.19. The van der Waals surface area contributed by atoms with Crippen molar-refractivity contribution >= 4 is 46.9 Å². The van der Waals surface area contributed by atoms with Crippen molar-refractivity contribution in [3.8, 4) is 0 Å². The summed E-state index contributed by atoms with van der Waals surface area (Å²) in [5.74, 6) is 2.26. The maximum atomic E-state index is 13.2. The van der Waals surface area contributed by atoms with Gasteiger partial charge in [-0.2, -0.15) is 11.8 Å². The number of nitro groups is 1. The second kappa shape index (κ2) is 14.6. The molecule has 1 heterocycles. The fourth-order valence-electron chi connectivity index (χ4n) is 4.47. The average molecular weight is 552 g/mol. The van der Waals surface area contributed by atoms with E-state index in [1.54, 1.807) is 33.7 Å². The Morgan fingerprint density at radius 3 is 2.54 bits per heavy atom. The van der Waals surface area contributed by atoms with Crippen molar-refractivity contribution in [3.05, 3.63) is 39.9 Å². The van der Waals surface area contributed by atoms with Crippen LogP contribution in [0.3, 0.4) is 0 Å². The molecule has 0 spiro atoms. The van der Waals surface area contributed by atoms with E-state index in [1.807, 2.05) is 14.1 Å². The van der Waals surface area contributed by atoms with E-state index in [2.05, 4.69) is 10.6 Å². The van der Waals surface area contributed by atoms with E-state index in [4.69, 9.17) is 0 Å². The van der Waals surface area contributed by atoms with Crippen LogP contribution >= 0.6 is 23.5 Å². The maximum Gasteiger partial charge on any atom is 0.269 e. The van der Waals surface area contributed by atoms with Gasteiger partial charge in [0.1, 0.15) is 12.1 Å². The summed E-state index contributed by atoms with van der Waals surface area (Å²) in [5, 5.41) is 16.7. The Balaban J connectivity index is 1.61. The normalized spacial score (nSPS) is 19.0. The molecular weight excluding hydrogens is 514 g/mol. The summed E-state index contributed by atoms with van der Waals surface area (Å²) in [6.07, 6.45) is 6.19. The lowest BCUT2D eigenvalue weighted by Gasteiger charge is -2.27. The Labute approximate surface area is 226 Å². The third-order valence-corrected chi connectivity index (χ3v) is 8.85. The van der Waals surface area contributed by atoms with E-state index >= 15 is 0 Å². The molecule has 0 unspecified atom stereocenters. The molecule has 37 heavy (non-hydrogen) atoms. The molecule has 0 aromatic heterocycles. The number of carbonyl (C=O) groups excluding carboxylic acids is 3. The number of carbonyl (C=O) groups is 3. The second-order valence-corrected chi connectivity index (χ2v) is 11.9. The van der Waals surface area contributed by atoms with Crippen LogP contribution in [0.4, 0.5) is 5.69 Å². The lowest BCUT2D eigenvalue weighted by atomic mass is 9.91. The fourth-order valence-corrected chi connectivity index (χ4v) is 6.93. The topological polar surface area (TPSA) is 125 Å². The second-order valence-electron chi connectivity index (χ2n) is 9.86. The lowest BCUT2D eigenvalue weighted by molar-refractivity contribution is -0.384. The average Bonchev–Trinajstić information content (AvgIpc) is 3.37. The third-order valence-electron chi connectivity index (χ3n) is 6.57. The molecule has 1 aliphatic carbocycles. The fraction of sp³-hybridized carbons (Fsp3) is 0.640. The number of benzene rings is 1. The summed E-state index contributed by atoms with van der Waals surface area (Å²) in [6, 6.07) is 4.67. The number of nitrogens with zero attached hydrogens (tertiary/aromatic N) is 3. The minimum Gasteiger partial charge on any atom is -0.350 e. The monoisotopic (exact) mass is 551 g/mol. The van der Waals surface area contributed by atoms with Gasteiger partial charge in [0.2, 0.25) is 17.7 Å². The molecule has 2 atom stereocenters. The Kier molecular flexibility index (Phi) is 11.5. The molecule has 2 fully saturated rings. The molecule has 2 aliphatic rings. The summed E-state index contributed by atoms with van der Waals surface area (Å²) in [5.41, 5.74) is 0.716. The van der Waals surface area contributed by atoms with Gasteiger partial charge in [0, 0.05) is 30.2 Å². The summed E-state index contributed by atoms with van der Waals surface area (Å²) in [4.78, 5) is 52.8. The molecule has 2 N–H and O–H groups in total. The molecule has 3 amide bonds. The van der Waals surface area contributed by atoms with Crippen LogP contribution < -0.4 is 10.6 Å². The van der Waals surface area contributed by atoms with E-state index < -0.39 is 17.0 Å². The number of hydrogen-bond acceptors (Lipinski definition) is 8. The SMILES string of the molecule is CN(C)CC(=O)N1CSC[C@H]1C(=O)N[C@@H](CSCC1CCCCC1)C(=O)NCc1ccc([N+](=O)[O-])cc1. The molecule has 12 heteroatoms. The molecule has 1 saturated carbocycles. The van der Waals surface area contributed by atoms with Gasteiger partial charge < -0.3 is 20.4 Å². The van der Waals surface area contributed by atoms with E-state index in [0.29, 0.717) is 23.3 Å². The zero-order chi connectivity index (χ0) is 26.8. The number of likely N-dealkylation sites (N-methyl/N-ethyl adjacent to an activating group) is 1. The number of nitrogens with one attached hydrogen (secondary N) is 2. The van der Waals surface area contributed by atoms with Crippen molar-refractivity contribution in [2.45, 2.75) is 50.7 Å². The summed E-state index contributed by atoms with van der Waals surface area (Å²) < 4.78 is 0. The molecule has 0 radical (unpaired) electrons. The molecule has 1 aliphatic heterocycles. The molecule has 204 valence electrons. The van der Waals surface area contributed by atoms with Crippen LogP contribution in [0.2, 0.25) is 0 Å². The molecule has 1 saturated heterocycles. The predicted octanol–water partition coefficient (Wildman–Crippen LogP) is 2.47. The van der Waals surface area contributed by atoms with Crippen LogP contribution in [-0.4, -0.2) is 88.3 Å². The lowest BCUT2D eigenvalue weighted by Crippen LogP contribution is -2.55. The van der Waals surface area contributed by atoms with Gasteiger partial charge in [0.15, 0.2) is 0 Å². The van der Waals surface area contributed by atoms with Crippen LogP contribution in [0.25, 0.3) is 0 Å². The van der Waals surface area contributed by atoms with Crippen molar-refractivity contribution in [3.63, 3.8) is 0 Å².